The topological polar surface area (TPSA) is 54.8 Å². The summed E-state index contributed by atoms with van der Waals surface area (Å²) in [7, 11) is 0. The van der Waals surface area contributed by atoms with Gasteiger partial charge in [-0.3, -0.25) is 4.90 Å². The molecule has 0 radical (unpaired) electrons. The van der Waals surface area contributed by atoms with Gasteiger partial charge in [-0.25, -0.2) is 19.9 Å². The van der Waals surface area contributed by atoms with Crippen molar-refractivity contribution in [3.8, 4) is 11.4 Å². The molecule has 4 rings (SSSR count). The minimum absolute atomic E-state index is 0.689. The van der Waals surface area contributed by atoms with Gasteiger partial charge in [0, 0.05) is 55.2 Å². The van der Waals surface area contributed by atoms with Crippen LogP contribution in [0.5, 0.6) is 0 Å². The third kappa shape index (κ3) is 3.13. The van der Waals surface area contributed by atoms with Gasteiger partial charge in [0.1, 0.15) is 6.33 Å². The van der Waals surface area contributed by atoms with Gasteiger partial charge in [0.05, 0.1) is 11.3 Å². The fourth-order valence-corrected chi connectivity index (χ4v) is 3.13. The first-order valence-electron chi connectivity index (χ1n) is 7.85. The van der Waals surface area contributed by atoms with Gasteiger partial charge in [-0.1, -0.05) is 29.8 Å². The maximum Gasteiger partial charge on any atom is 0.162 e. The van der Waals surface area contributed by atoms with Crippen LogP contribution in [0.3, 0.4) is 0 Å². The van der Waals surface area contributed by atoms with Gasteiger partial charge in [0.15, 0.2) is 5.82 Å². The van der Waals surface area contributed by atoms with E-state index in [0.717, 1.165) is 47.9 Å². The number of aromatic nitrogens is 4. The van der Waals surface area contributed by atoms with Crippen molar-refractivity contribution in [3.05, 3.63) is 71.0 Å². The number of hydrogen-bond acceptors (Lipinski definition) is 5. The zero-order valence-corrected chi connectivity index (χ0v) is 13.8. The van der Waals surface area contributed by atoms with E-state index < -0.39 is 0 Å². The highest BCUT2D eigenvalue weighted by Gasteiger charge is 2.19. The Morgan fingerprint density at radius 3 is 2.75 bits per heavy atom. The van der Waals surface area contributed by atoms with Crippen LogP contribution in [0.15, 0.2) is 49.2 Å². The van der Waals surface area contributed by atoms with Crippen molar-refractivity contribution in [2.24, 2.45) is 0 Å². The highest BCUT2D eigenvalue weighted by Crippen LogP contribution is 2.23. The summed E-state index contributed by atoms with van der Waals surface area (Å²) in [5, 5.41) is 0.818. The van der Waals surface area contributed by atoms with E-state index in [1.165, 1.54) is 11.9 Å². The Morgan fingerprint density at radius 1 is 1.08 bits per heavy atom. The summed E-state index contributed by atoms with van der Waals surface area (Å²) in [6, 6.07) is 8.00. The molecule has 0 aliphatic carbocycles. The zero-order valence-electron chi connectivity index (χ0n) is 13.1. The molecule has 0 atom stereocenters. The third-order valence-corrected chi connectivity index (χ3v) is 4.55. The van der Waals surface area contributed by atoms with E-state index in [2.05, 4.69) is 25.9 Å². The van der Waals surface area contributed by atoms with E-state index in [4.69, 9.17) is 16.6 Å². The molecule has 1 aliphatic rings. The van der Waals surface area contributed by atoms with Gasteiger partial charge in [-0.2, -0.15) is 0 Å². The molecular weight excluding hydrogens is 322 g/mol. The Bertz CT molecular complexity index is 853. The smallest absolute Gasteiger partial charge is 0.162 e. The number of halogens is 1. The highest BCUT2D eigenvalue weighted by molar-refractivity contribution is 6.31. The molecule has 1 aromatic carbocycles. The molecule has 3 aromatic rings. The van der Waals surface area contributed by atoms with E-state index in [1.54, 1.807) is 12.4 Å². The molecule has 2 aromatic heterocycles. The lowest BCUT2D eigenvalue weighted by atomic mass is 10.1. The average molecular weight is 338 g/mol. The zero-order chi connectivity index (χ0) is 16.4. The van der Waals surface area contributed by atoms with Crippen LogP contribution < -0.4 is 0 Å². The lowest BCUT2D eigenvalue weighted by Gasteiger charge is -2.28. The maximum absolute atomic E-state index is 6.27. The molecule has 0 spiro atoms. The fourth-order valence-electron chi connectivity index (χ4n) is 2.93. The van der Waals surface area contributed by atoms with E-state index in [0.29, 0.717) is 5.82 Å². The molecule has 0 N–H and O–H groups in total. The molecule has 1 aliphatic heterocycles. The molecular formula is C18H16ClN5. The molecule has 5 nitrogen and oxygen atoms in total. The van der Waals surface area contributed by atoms with E-state index >= 15 is 0 Å². The van der Waals surface area contributed by atoms with Crippen molar-refractivity contribution < 1.29 is 0 Å². The summed E-state index contributed by atoms with van der Waals surface area (Å²) in [6.45, 7) is 2.64. The highest BCUT2D eigenvalue weighted by atomic mass is 35.5. The second-order valence-electron chi connectivity index (χ2n) is 5.84. The molecule has 0 bridgehead atoms. The molecule has 0 fully saturated rings. The predicted molar refractivity (Wildman–Crippen MR) is 92.3 cm³/mol. The van der Waals surface area contributed by atoms with Crippen molar-refractivity contribution >= 4 is 11.6 Å². The normalized spacial score (nSPS) is 14.4. The number of hydrogen-bond donors (Lipinski definition) is 0. The van der Waals surface area contributed by atoms with E-state index in [9.17, 15) is 0 Å². The Hall–Kier alpha value is -2.37. The molecule has 24 heavy (non-hydrogen) atoms. The number of fused-ring (bicyclic) bond motifs is 1. The van der Waals surface area contributed by atoms with Crippen molar-refractivity contribution in [2.45, 2.75) is 19.5 Å². The summed E-state index contributed by atoms with van der Waals surface area (Å²) in [4.78, 5) is 19.6. The molecule has 0 saturated carbocycles. The van der Waals surface area contributed by atoms with E-state index in [-0.39, 0.29) is 0 Å². The summed E-state index contributed by atoms with van der Waals surface area (Å²) >= 11 is 6.27. The number of rotatable bonds is 3. The summed E-state index contributed by atoms with van der Waals surface area (Å²) in [5.74, 6) is 0.689. The third-order valence-electron chi connectivity index (χ3n) is 4.18. The molecule has 0 unspecified atom stereocenters. The van der Waals surface area contributed by atoms with Crippen LogP contribution in [0.1, 0.15) is 16.8 Å². The minimum atomic E-state index is 0.689. The minimum Gasteiger partial charge on any atom is -0.294 e. The van der Waals surface area contributed by atoms with Crippen LogP contribution in [0, 0.1) is 0 Å². The fraction of sp³-hybridized carbons (Fsp3) is 0.222. The molecule has 0 saturated heterocycles. The number of benzene rings is 1. The second-order valence-corrected chi connectivity index (χ2v) is 6.25. The van der Waals surface area contributed by atoms with Crippen molar-refractivity contribution in [2.75, 3.05) is 6.54 Å². The van der Waals surface area contributed by atoms with Crippen molar-refractivity contribution in [1.29, 1.82) is 0 Å². The van der Waals surface area contributed by atoms with Gasteiger partial charge in [0.2, 0.25) is 0 Å². The Kier molecular flexibility index (Phi) is 4.19. The predicted octanol–water partition coefficient (Wildman–Crippen LogP) is 3.15. The van der Waals surface area contributed by atoms with Crippen LogP contribution in [0.4, 0.5) is 0 Å². The lowest BCUT2D eigenvalue weighted by Crippen LogP contribution is -2.31. The Labute approximate surface area is 145 Å². The van der Waals surface area contributed by atoms with Gasteiger partial charge in [0.25, 0.3) is 0 Å². The molecule has 0 amide bonds. The number of nitrogens with zero attached hydrogens (tertiary/aromatic N) is 5. The van der Waals surface area contributed by atoms with Crippen LogP contribution in [-0.2, 0) is 19.5 Å². The SMILES string of the molecule is Clc1ccccc1CN1CCc2nc(-c3cncnc3)ncc2C1. The Balaban J connectivity index is 1.53. The quantitative estimate of drug-likeness (QED) is 0.735. The maximum atomic E-state index is 6.27. The van der Waals surface area contributed by atoms with Gasteiger partial charge in [-0.15, -0.1) is 0 Å². The largest absolute Gasteiger partial charge is 0.294 e. The van der Waals surface area contributed by atoms with Crippen molar-refractivity contribution in [3.63, 3.8) is 0 Å². The van der Waals surface area contributed by atoms with Gasteiger partial charge in [-0.05, 0) is 11.6 Å². The summed E-state index contributed by atoms with van der Waals surface area (Å²) < 4.78 is 0. The first-order valence-corrected chi connectivity index (χ1v) is 8.23. The lowest BCUT2D eigenvalue weighted by molar-refractivity contribution is 0.243. The average Bonchev–Trinajstić information content (AvgIpc) is 2.64. The second kappa shape index (κ2) is 6.63. The van der Waals surface area contributed by atoms with Crippen molar-refractivity contribution in [1.82, 2.24) is 24.8 Å². The monoisotopic (exact) mass is 337 g/mol. The van der Waals surface area contributed by atoms with Crippen LogP contribution in [-0.4, -0.2) is 31.4 Å². The van der Waals surface area contributed by atoms with Gasteiger partial charge < -0.3 is 0 Å². The summed E-state index contributed by atoms with van der Waals surface area (Å²) in [6.07, 6.45) is 7.81. The van der Waals surface area contributed by atoms with Gasteiger partial charge >= 0.3 is 0 Å². The molecule has 120 valence electrons. The van der Waals surface area contributed by atoms with Crippen LogP contribution in [0.25, 0.3) is 11.4 Å². The first kappa shape index (κ1) is 15.2. The van der Waals surface area contributed by atoms with Crippen LogP contribution >= 0.6 is 11.6 Å². The molecule has 3 heterocycles. The standard InChI is InChI=1S/C18H16ClN5/c19-16-4-2-1-3-13(16)10-24-6-5-17-15(11-24)9-22-18(23-17)14-7-20-12-21-8-14/h1-4,7-9,12H,5-6,10-11H2. The first-order chi connectivity index (χ1) is 11.8. The Morgan fingerprint density at radius 2 is 1.92 bits per heavy atom. The van der Waals surface area contributed by atoms with Crippen LogP contribution in [0.2, 0.25) is 5.02 Å². The summed E-state index contributed by atoms with van der Waals surface area (Å²) in [5.41, 5.74) is 4.29. The molecule has 6 heteroatoms. The van der Waals surface area contributed by atoms with E-state index in [1.807, 2.05) is 24.4 Å².